The molecule has 3 aromatic carbocycles. The minimum atomic E-state index is -4.42. The van der Waals surface area contributed by atoms with Crippen LogP contribution in [0.25, 0.3) is 10.6 Å². The van der Waals surface area contributed by atoms with Gasteiger partial charge in [0.1, 0.15) is 16.5 Å². The zero-order valence-corrected chi connectivity index (χ0v) is 28.0. The third-order valence-corrected chi connectivity index (χ3v) is 9.35. The molecule has 0 unspecified atom stereocenters. The molecule has 1 saturated heterocycles. The Hall–Kier alpha value is -4.42. The molecule has 0 atom stereocenters. The second-order valence-corrected chi connectivity index (χ2v) is 12.5. The predicted octanol–water partition coefficient (Wildman–Crippen LogP) is 7.23. The molecule has 48 heavy (non-hydrogen) atoms. The van der Waals surface area contributed by atoms with Crippen molar-refractivity contribution < 1.29 is 37.0 Å². The number of halogens is 3. The molecule has 0 saturated carbocycles. The molecule has 2 heterocycles. The SMILES string of the molecule is CCOC(=O)COc1ccc(C(=O)CCc2sc(-c3ccc(C(F)(F)F)cc3)nc2CN2CCN(c3ccc(OC)cc3)CC2)cc1C. The summed E-state index contributed by atoms with van der Waals surface area (Å²) in [5.74, 6) is 0.784. The molecule has 1 aromatic heterocycles. The molecule has 254 valence electrons. The van der Waals surface area contributed by atoms with E-state index in [1.54, 1.807) is 32.2 Å². The number of aromatic nitrogens is 1. The van der Waals surface area contributed by atoms with E-state index < -0.39 is 17.7 Å². The van der Waals surface area contributed by atoms with Crippen molar-refractivity contribution in [2.75, 3.05) is 51.4 Å². The van der Waals surface area contributed by atoms with Gasteiger partial charge in [0.05, 0.1) is 25.0 Å². The zero-order chi connectivity index (χ0) is 34.3. The quantitative estimate of drug-likeness (QED) is 0.108. The van der Waals surface area contributed by atoms with Crippen LogP contribution in [0.5, 0.6) is 11.5 Å². The largest absolute Gasteiger partial charge is 0.497 e. The van der Waals surface area contributed by atoms with E-state index in [0.717, 1.165) is 65.9 Å². The van der Waals surface area contributed by atoms with E-state index in [9.17, 15) is 22.8 Å². The number of rotatable bonds is 13. The summed E-state index contributed by atoms with van der Waals surface area (Å²) in [5.41, 5.74) is 3.10. The fourth-order valence-corrected chi connectivity index (χ4v) is 6.57. The van der Waals surface area contributed by atoms with Gasteiger partial charge in [0, 0.05) is 60.8 Å². The Balaban J connectivity index is 1.28. The Bertz CT molecular complexity index is 1700. The lowest BCUT2D eigenvalue weighted by molar-refractivity contribution is -0.145. The molecule has 0 aliphatic carbocycles. The molecule has 4 aromatic rings. The smallest absolute Gasteiger partial charge is 0.416 e. The molecule has 0 spiro atoms. The van der Waals surface area contributed by atoms with Crippen molar-refractivity contribution in [3.05, 3.63) is 94.0 Å². The Morgan fingerprint density at radius 3 is 2.29 bits per heavy atom. The molecule has 0 bridgehead atoms. The minimum absolute atomic E-state index is 0.0569. The van der Waals surface area contributed by atoms with Crippen LogP contribution in [0.15, 0.2) is 66.7 Å². The second kappa shape index (κ2) is 15.7. The van der Waals surface area contributed by atoms with E-state index in [1.807, 2.05) is 31.2 Å². The predicted molar refractivity (Wildman–Crippen MR) is 179 cm³/mol. The highest BCUT2D eigenvalue weighted by atomic mass is 32.1. The number of alkyl halides is 3. The van der Waals surface area contributed by atoms with Gasteiger partial charge in [-0.15, -0.1) is 11.3 Å². The van der Waals surface area contributed by atoms with Crippen molar-refractivity contribution in [3.63, 3.8) is 0 Å². The summed E-state index contributed by atoms with van der Waals surface area (Å²) in [7, 11) is 1.64. The summed E-state index contributed by atoms with van der Waals surface area (Å²) in [5, 5.41) is 0.622. The Labute approximate surface area is 282 Å². The zero-order valence-electron chi connectivity index (χ0n) is 27.1. The van der Waals surface area contributed by atoms with Crippen LogP contribution in [0.2, 0.25) is 0 Å². The molecule has 5 rings (SSSR count). The van der Waals surface area contributed by atoms with Gasteiger partial charge in [-0.3, -0.25) is 9.69 Å². The first-order chi connectivity index (χ1) is 23.0. The highest BCUT2D eigenvalue weighted by Crippen LogP contribution is 2.34. The lowest BCUT2D eigenvalue weighted by Crippen LogP contribution is -2.46. The molecule has 0 N–H and O–H groups in total. The first-order valence-corrected chi connectivity index (χ1v) is 16.6. The van der Waals surface area contributed by atoms with Crippen molar-refractivity contribution in [2.45, 2.75) is 39.4 Å². The normalized spacial score (nSPS) is 13.8. The number of carbonyl (C=O) groups excluding carboxylic acids is 2. The highest BCUT2D eigenvalue weighted by Gasteiger charge is 2.30. The number of ether oxygens (including phenoxy) is 3. The van der Waals surface area contributed by atoms with Gasteiger partial charge in [0.25, 0.3) is 0 Å². The maximum absolute atomic E-state index is 13.3. The number of nitrogens with zero attached hydrogens (tertiary/aromatic N) is 3. The van der Waals surface area contributed by atoms with E-state index in [4.69, 9.17) is 19.2 Å². The average molecular weight is 682 g/mol. The number of hydrogen-bond donors (Lipinski definition) is 0. The van der Waals surface area contributed by atoms with Crippen LogP contribution in [0, 0.1) is 6.92 Å². The first-order valence-electron chi connectivity index (χ1n) is 15.7. The molecule has 8 nitrogen and oxygen atoms in total. The van der Waals surface area contributed by atoms with Crippen molar-refractivity contribution in [3.8, 4) is 22.1 Å². The van der Waals surface area contributed by atoms with E-state index >= 15 is 0 Å². The molecule has 12 heteroatoms. The summed E-state index contributed by atoms with van der Waals surface area (Å²) in [6, 6.07) is 18.1. The van der Waals surface area contributed by atoms with Gasteiger partial charge >= 0.3 is 12.1 Å². The third kappa shape index (κ3) is 8.93. The number of aryl methyl sites for hydroxylation is 2. The van der Waals surface area contributed by atoms with E-state index in [2.05, 4.69) is 9.80 Å². The molecule has 0 radical (unpaired) electrons. The number of Topliss-reactive ketones (excluding diaryl/α,β-unsaturated/α-hetero) is 1. The molecule has 1 aliphatic rings. The van der Waals surface area contributed by atoms with Crippen LogP contribution in [-0.4, -0.2) is 68.1 Å². The van der Waals surface area contributed by atoms with Crippen LogP contribution < -0.4 is 14.4 Å². The van der Waals surface area contributed by atoms with Crippen molar-refractivity contribution in [1.82, 2.24) is 9.88 Å². The topological polar surface area (TPSA) is 81.2 Å². The third-order valence-electron chi connectivity index (χ3n) is 8.15. The summed E-state index contributed by atoms with van der Waals surface area (Å²) in [4.78, 5) is 35.4. The number of anilines is 1. The van der Waals surface area contributed by atoms with E-state index in [-0.39, 0.29) is 25.4 Å². The van der Waals surface area contributed by atoms with Gasteiger partial charge in [-0.25, -0.2) is 9.78 Å². The average Bonchev–Trinajstić information content (AvgIpc) is 3.49. The number of thiazole rings is 1. The fraction of sp³-hybridized carbons (Fsp3) is 0.361. The summed E-state index contributed by atoms with van der Waals surface area (Å²) in [6.45, 7) is 7.43. The van der Waals surface area contributed by atoms with Crippen molar-refractivity contribution in [2.24, 2.45) is 0 Å². The molecular formula is C36H38F3N3O5S. The second-order valence-electron chi connectivity index (χ2n) is 11.4. The van der Waals surface area contributed by atoms with Crippen LogP contribution in [0.4, 0.5) is 18.9 Å². The number of piperazine rings is 1. The van der Waals surface area contributed by atoms with Crippen LogP contribution in [-0.2, 0) is 28.7 Å². The van der Waals surface area contributed by atoms with Crippen LogP contribution in [0.1, 0.15) is 45.4 Å². The van der Waals surface area contributed by atoms with Crippen LogP contribution >= 0.6 is 11.3 Å². The van der Waals surface area contributed by atoms with Gasteiger partial charge in [-0.2, -0.15) is 13.2 Å². The monoisotopic (exact) mass is 681 g/mol. The van der Waals surface area contributed by atoms with Gasteiger partial charge in [-0.1, -0.05) is 12.1 Å². The van der Waals surface area contributed by atoms with Crippen LogP contribution in [0.3, 0.4) is 0 Å². The van der Waals surface area contributed by atoms with Crippen molar-refractivity contribution >= 4 is 28.8 Å². The lowest BCUT2D eigenvalue weighted by Gasteiger charge is -2.36. The van der Waals surface area contributed by atoms with Crippen molar-refractivity contribution in [1.29, 1.82) is 0 Å². The summed E-state index contributed by atoms with van der Waals surface area (Å²) in [6.07, 6.45) is -3.75. The highest BCUT2D eigenvalue weighted by molar-refractivity contribution is 7.15. The number of esters is 1. The van der Waals surface area contributed by atoms with E-state index in [1.165, 1.54) is 23.5 Å². The maximum Gasteiger partial charge on any atom is 0.416 e. The van der Waals surface area contributed by atoms with Gasteiger partial charge in [-0.05, 0) is 80.4 Å². The molecule has 0 amide bonds. The van der Waals surface area contributed by atoms with Gasteiger partial charge in [0.15, 0.2) is 12.4 Å². The van der Waals surface area contributed by atoms with E-state index in [0.29, 0.717) is 34.8 Å². The Morgan fingerprint density at radius 1 is 0.958 bits per heavy atom. The number of carbonyl (C=O) groups is 2. The molecule has 1 aliphatic heterocycles. The Kier molecular flexibility index (Phi) is 11.4. The summed E-state index contributed by atoms with van der Waals surface area (Å²) >= 11 is 1.41. The number of ketones is 1. The minimum Gasteiger partial charge on any atom is -0.497 e. The number of methoxy groups -OCH3 is 1. The lowest BCUT2D eigenvalue weighted by atomic mass is 10.0. The fourth-order valence-electron chi connectivity index (χ4n) is 5.49. The number of hydrogen-bond acceptors (Lipinski definition) is 9. The van der Waals surface area contributed by atoms with Gasteiger partial charge < -0.3 is 19.1 Å². The Morgan fingerprint density at radius 2 is 1.67 bits per heavy atom. The maximum atomic E-state index is 13.3. The number of benzene rings is 3. The standard InChI is InChI=1S/C36H38F3N3O5S/c1-4-46-34(44)23-47-32-15-7-26(21-24(32)2)31(43)14-16-33-30(40-35(48-33)25-5-8-27(9-6-25)36(37,38)39)22-41-17-19-42(20-18-41)28-10-12-29(45-3)13-11-28/h5-13,15,21H,4,14,16-20,22-23H2,1-3H3. The first kappa shape index (κ1) is 34.9. The summed E-state index contributed by atoms with van der Waals surface area (Å²) < 4.78 is 55.3. The van der Waals surface area contributed by atoms with Gasteiger partial charge in [0.2, 0.25) is 0 Å². The molecular weight excluding hydrogens is 643 g/mol. The molecule has 1 fully saturated rings.